The van der Waals surface area contributed by atoms with E-state index in [1.807, 2.05) is 6.92 Å². The number of aryl methyl sites for hydroxylation is 2. The summed E-state index contributed by atoms with van der Waals surface area (Å²) >= 11 is 0. The second-order valence-electron chi connectivity index (χ2n) is 4.75. The van der Waals surface area contributed by atoms with Crippen LogP contribution in [0, 0.1) is 26.6 Å². The van der Waals surface area contributed by atoms with Gasteiger partial charge in [-0.05, 0) is 44.5 Å². The van der Waals surface area contributed by atoms with Gasteiger partial charge in [-0.1, -0.05) is 0 Å². The Balaban J connectivity index is 2.09. The van der Waals surface area contributed by atoms with Crippen molar-refractivity contribution in [3.8, 4) is 0 Å². The number of hydrogen-bond donors (Lipinski definition) is 2. The molecule has 5 nitrogen and oxygen atoms in total. The van der Waals surface area contributed by atoms with Gasteiger partial charge in [0.25, 0.3) is 0 Å². The minimum Gasteiger partial charge on any atom is -0.396 e. The largest absolute Gasteiger partial charge is 0.396 e. The highest BCUT2D eigenvalue weighted by Gasteiger charge is 2.11. The lowest BCUT2D eigenvalue weighted by Crippen LogP contribution is -2.20. The standard InChI is InChI=1S/C14H17FN4O/c1-8-6-11(4-5-12(8)15)17-13(20)7-19-10(3)14(16)9(2)18-19/h4-6H,7,16H2,1-3H3,(H,17,20). The molecule has 0 aliphatic heterocycles. The normalized spacial score (nSPS) is 10.6. The molecule has 6 heteroatoms. The molecule has 1 heterocycles. The number of nitrogen functional groups attached to an aromatic ring is 1. The maximum absolute atomic E-state index is 13.1. The summed E-state index contributed by atoms with van der Waals surface area (Å²) in [6.45, 7) is 5.32. The van der Waals surface area contributed by atoms with Crippen molar-refractivity contribution in [3.05, 3.63) is 41.0 Å². The van der Waals surface area contributed by atoms with Crippen LogP contribution in [0.3, 0.4) is 0 Å². The minimum absolute atomic E-state index is 0.0697. The van der Waals surface area contributed by atoms with Crippen molar-refractivity contribution >= 4 is 17.3 Å². The third kappa shape index (κ3) is 2.79. The molecule has 0 aliphatic carbocycles. The SMILES string of the molecule is Cc1cc(NC(=O)Cn2nc(C)c(N)c2C)ccc1F. The van der Waals surface area contributed by atoms with E-state index in [0.717, 1.165) is 5.69 Å². The van der Waals surface area contributed by atoms with Crippen molar-refractivity contribution in [1.29, 1.82) is 0 Å². The third-order valence-corrected chi connectivity index (χ3v) is 3.17. The van der Waals surface area contributed by atoms with E-state index in [-0.39, 0.29) is 18.3 Å². The number of hydrogen-bond acceptors (Lipinski definition) is 3. The molecule has 0 spiro atoms. The first-order chi connectivity index (χ1) is 9.38. The molecule has 0 aliphatic rings. The number of carbonyl (C=O) groups excluding carboxylic acids is 1. The Morgan fingerprint density at radius 3 is 2.65 bits per heavy atom. The lowest BCUT2D eigenvalue weighted by molar-refractivity contribution is -0.116. The average Bonchev–Trinajstić information content (AvgIpc) is 2.61. The minimum atomic E-state index is -0.297. The summed E-state index contributed by atoms with van der Waals surface area (Å²) in [7, 11) is 0. The number of anilines is 2. The van der Waals surface area contributed by atoms with Gasteiger partial charge in [0.05, 0.1) is 17.1 Å². The molecule has 0 fully saturated rings. The Bertz CT molecular complexity index is 663. The summed E-state index contributed by atoms with van der Waals surface area (Å²) in [6, 6.07) is 4.44. The highest BCUT2D eigenvalue weighted by atomic mass is 19.1. The predicted octanol–water partition coefficient (Wildman–Crippen LogP) is 2.17. The molecule has 0 radical (unpaired) electrons. The Kier molecular flexibility index (Phi) is 3.74. The predicted molar refractivity (Wildman–Crippen MR) is 75.9 cm³/mol. The third-order valence-electron chi connectivity index (χ3n) is 3.17. The number of carbonyl (C=O) groups is 1. The molecule has 0 atom stereocenters. The topological polar surface area (TPSA) is 72.9 Å². The van der Waals surface area contributed by atoms with Gasteiger partial charge in [0, 0.05) is 5.69 Å². The molecule has 2 aromatic rings. The van der Waals surface area contributed by atoms with E-state index in [2.05, 4.69) is 10.4 Å². The Morgan fingerprint density at radius 2 is 2.10 bits per heavy atom. The summed E-state index contributed by atoms with van der Waals surface area (Å²) in [5.74, 6) is -0.532. The zero-order valence-electron chi connectivity index (χ0n) is 11.7. The molecule has 3 N–H and O–H groups in total. The number of aromatic nitrogens is 2. The maximum atomic E-state index is 13.1. The molecule has 0 saturated carbocycles. The molecule has 1 amide bonds. The first kappa shape index (κ1) is 14.0. The van der Waals surface area contributed by atoms with Crippen LogP contribution in [0.25, 0.3) is 0 Å². The summed E-state index contributed by atoms with van der Waals surface area (Å²) in [5, 5.41) is 6.90. The number of benzene rings is 1. The fourth-order valence-corrected chi connectivity index (χ4v) is 1.92. The van der Waals surface area contributed by atoms with Crippen LogP contribution in [0.4, 0.5) is 15.8 Å². The second kappa shape index (κ2) is 5.32. The van der Waals surface area contributed by atoms with Crippen LogP contribution in [0.2, 0.25) is 0 Å². The van der Waals surface area contributed by atoms with E-state index in [4.69, 9.17) is 5.73 Å². The van der Waals surface area contributed by atoms with Gasteiger partial charge in [-0.2, -0.15) is 5.10 Å². The lowest BCUT2D eigenvalue weighted by atomic mass is 10.2. The zero-order chi connectivity index (χ0) is 14.9. The summed E-state index contributed by atoms with van der Waals surface area (Å²) in [5.41, 5.74) is 8.91. The van der Waals surface area contributed by atoms with E-state index in [9.17, 15) is 9.18 Å². The van der Waals surface area contributed by atoms with Crippen molar-refractivity contribution < 1.29 is 9.18 Å². The van der Waals surface area contributed by atoms with Gasteiger partial charge in [0.15, 0.2) is 0 Å². The molecule has 1 aromatic carbocycles. The fraction of sp³-hybridized carbons (Fsp3) is 0.286. The van der Waals surface area contributed by atoms with Gasteiger partial charge in [-0.15, -0.1) is 0 Å². The van der Waals surface area contributed by atoms with Crippen LogP contribution in [0.5, 0.6) is 0 Å². The molecule has 0 unspecified atom stereocenters. The smallest absolute Gasteiger partial charge is 0.246 e. The number of halogens is 1. The van der Waals surface area contributed by atoms with Crippen LogP contribution in [0.1, 0.15) is 17.0 Å². The van der Waals surface area contributed by atoms with E-state index >= 15 is 0 Å². The molecular weight excluding hydrogens is 259 g/mol. The highest BCUT2D eigenvalue weighted by molar-refractivity contribution is 5.90. The lowest BCUT2D eigenvalue weighted by Gasteiger charge is -2.08. The van der Waals surface area contributed by atoms with E-state index in [0.29, 0.717) is 22.6 Å². The van der Waals surface area contributed by atoms with E-state index in [1.54, 1.807) is 24.6 Å². The van der Waals surface area contributed by atoms with Gasteiger partial charge in [-0.3, -0.25) is 9.48 Å². The highest BCUT2D eigenvalue weighted by Crippen LogP contribution is 2.16. The number of nitrogens with one attached hydrogen (secondary N) is 1. The van der Waals surface area contributed by atoms with Crippen molar-refractivity contribution in [3.63, 3.8) is 0 Å². The number of rotatable bonds is 3. The second-order valence-corrected chi connectivity index (χ2v) is 4.75. The fourth-order valence-electron chi connectivity index (χ4n) is 1.92. The summed E-state index contributed by atoms with van der Waals surface area (Å²) in [4.78, 5) is 11.9. The molecule has 2 rings (SSSR count). The van der Waals surface area contributed by atoms with Crippen LogP contribution in [-0.2, 0) is 11.3 Å². The van der Waals surface area contributed by atoms with Gasteiger partial charge >= 0.3 is 0 Å². The van der Waals surface area contributed by atoms with Gasteiger partial charge < -0.3 is 11.1 Å². The van der Waals surface area contributed by atoms with Crippen molar-refractivity contribution in [1.82, 2.24) is 9.78 Å². The first-order valence-corrected chi connectivity index (χ1v) is 6.24. The van der Waals surface area contributed by atoms with Crippen LogP contribution < -0.4 is 11.1 Å². The summed E-state index contributed by atoms with van der Waals surface area (Å²) in [6.07, 6.45) is 0. The molecule has 0 saturated heterocycles. The van der Waals surface area contributed by atoms with Crippen molar-refractivity contribution in [2.24, 2.45) is 0 Å². The van der Waals surface area contributed by atoms with Gasteiger partial charge in [0.2, 0.25) is 5.91 Å². The van der Waals surface area contributed by atoms with Crippen molar-refractivity contribution in [2.45, 2.75) is 27.3 Å². The zero-order valence-corrected chi connectivity index (χ0v) is 11.7. The number of nitrogens with zero attached hydrogens (tertiary/aromatic N) is 2. The Hall–Kier alpha value is -2.37. The molecule has 0 bridgehead atoms. The first-order valence-electron chi connectivity index (χ1n) is 6.24. The average molecular weight is 276 g/mol. The van der Waals surface area contributed by atoms with Gasteiger partial charge in [0.1, 0.15) is 12.4 Å². The van der Waals surface area contributed by atoms with E-state index in [1.165, 1.54) is 12.1 Å². The summed E-state index contributed by atoms with van der Waals surface area (Å²) < 4.78 is 14.7. The molecule has 1 aromatic heterocycles. The van der Waals surface area contributed by atoms with Crippen molar-refractivity contribution in [2.75, 3.05) is 11.1 Å². The quantitative estimate of drug-likeness (QED) is 0.902. The Labute approximate surface area is 116 Å². The van der Waals surface area contributed by atoms with E-state index < -0.39 is 0 Å². The molecule has 106 valence electrons. The number of nitrogens with two attached hydrogens (primary N) is 1. The van der Waals surface area contributed by atoms with Crippen LogP contribution in [0.15, 0.2) is 18.2 Å². The van der Waals surface area contributed by atoms with Crippen LogP contribution >= 0.6 is 0 Å². The molecule has 20 heavy (non-hydrogen) atoms. The monoisotopic (exact) mass is 276 g/mol. The van der Waals surface area contributed by atoms with Gasteiger partial charge in [-0.25, -0.2) is 4.39 Å². The number of amides is 1. The Morgan fingerprint density at radius 1 is 1.40 bits per heavy atom. The molecular formula is C14H17FN4O. The maximum Gasteiger partial charge on any atom is 0.246 e. The van der Waals surface area contributed by atoms with Crippen LogP contribution in [-0.4, -0.2) is 15.7 Å².